The first kappa shape index (κ1) is 20.5. The highest BCUT2D eigenvalue weighted by molar-refractivity contribution is 7.92. The van der Waals surface area contributed by atoms with Gasteiger partial charge in [0.15, 0.2) is 0 Å². The van der Waals surface area contributed by atoms with Gasteiger partial charge in [-0.05, 0) is 49.7 Å². The summed E-state index contributed by atoms with van der Waals surface area (Å²) in [4.78, 5) is 12.4. The summed E-state index contributed by atoms with van der Waals surface area (Å²) < 4.78 is 25.8. The summed E-state index contributed by atoms with van der Waals surface area (Å²) >= 11 is 0. The van der Waals surface area contributed by atoms with E-state index in [0.717, 1.165) is 31.1 Å². The fourth-order valence-corrected chi connectivity index (χ4v) is 4.14. The molecule has 0 radical (unpaired) electrons. The van der Waals surface area contributed by atoms with Gasteiger partial charge in [0.1, 0.15) is 6.54 Å². The molecule has 5 nitrogen and oxygen atoms in total. The van der Waals surface area contributed by atoms with E-state index in [1.54, 1.807) is 12.1 Å². The number of anilines is 1. The van der Waals surface area contributed by atoms with Crippen LogP contribution in [-0.2, 0) is 14.8 Å². The highest BCUT2D eigenvalue weighted by Crippen LogP contribution is 2.28. The second-order valence-corrected chi connectivity index (χ2v) is 9.10. The molecule has 144 valence electrons. The molecule has 1 aromatic rings. The van der Waals surface area contributed by atoms with Crippen molar-refractivity contribution in [3.8, 4) is 0 Å². The highest BCUT2D eigenvalue weighted by Gasteiger charge is 2.23. The Labute approximate surface area is 157 Å². The van der Waals surface area contributed by atoms with Gasteiger partial charge >= 0.3 is 0 Å². The molecule has 0 atom stereocenters. The van der Waals surface area contributed by atoms with Crippen LogP contribution in [0, 0.1) is 0 Å². The Morgan fingerprint density at radius 3 is 2.58 bits per heavy atom. The second-order valence-electron chi connectivity index (χ2n) is 7.19. The lowest BCUT2D eigenvalue weighted by molar-refractivity contribution is -0.119. The molecule has 1 amide bonds. The first-order valence-electron chi connectivity index (χ1n) is 9.30. The molecule has 26 heavy (non-hydrogen) atoms. The lowest BCUT2D eigenvalue weighted by Crippen LogP contribution is -2.41. The van der Waals surface area contributed by atoms with E-state index in [0.29, 0.717) is 12.2 Å². The Bertz CT molecular complexity index is 754. The molecule has 0 saturated heterocycles. The van der Waals surface area contributed by atoms with Crippen molar-refractivity contribution in [1.29, 1.82) is 0 Å². The van der Waals surface area contributed by atoms with Crippen molar-refractivity contribution in [2.45, 2.75) is 51.9 Å². The van der Waals surface area contributed by atoms with Gasteiger partial charge < -0.3 is 5.32 Å². The maximum absolute atomic E-state index is 12.4. The van der Waals surface area contributed by atoms with Gasteiger partial charge in [-0.1, -0.05) is 43.7 Å². The Morgan fingerprint density at radius 2 is 1.96 bits per heavy atom. The number of hydrogen-bond acceptors (Lipinski definition) is 3. The molecule has 1 aromatic carbocycles. The van der Waals surface area contributed by atoms with Crippen LogP contribution in [0.4, 0.5) is 5.69 Å². The number of carbonyl (C=O) groups excluding carboxylic acids is 1. The van der Waals surface area contributed by atoms with Crippen LogP contribution in [0.15, 0.2) is 35.9 Å². The number of benzene rings is 1. The van der Waals surface area contributed by atoms with Crippen LogP contribution in [0.25, 0.3) is 0 Å². The third-order valence-corrected chi connectivity index (χ3v) is 5.79. The molecule has 1 aliphatic carbocycles. The molecular weight excluding hydrogens is 348 g/mol. The van der Waals surface area contributed by atoms with Crippen LogP contribution >= 0.6 is 0 Å². The maximum Gasteiger partial charge on any atom is 0.240 e. The summed E-state index contributed by atoms with van der Waals surface area (Å²) in [5.41, 5.74) is 2.88. The lowest BCUT2D eigenvalue weighted by Gasteiger charge is -2.25. The smallest absolute Gasteiger partial charge is 0.240 e. The SMILES string of the molecule is CC(C)c1ccccc1N(CC(=O)NCCC1=CCCCC1)S(C)(=O)=O. The van der Waals surface area contributed by atoms with Crippen molar-refractivity contribution in [3.05, 3.63) is 41.5 Å². The second kappa shape index (κ2) is 9.21. The number of sulfonamides is 1. The summed E-state index contributed by atoms with van der Waals surface area (Å²) in [6.45, 7) is 4.38. The van der Waals surface area contributed by atoms with E-state index in [9.17, 15) is 13.2 Å². The van der Waals surface area contributed by atoms with E-state index < -0.39 is 10.0 Å². The Hall–Kier alpha value is -1.82. The average molecular weight is 379 g/mol. The molecule has 0 saturated carbocycles. The van der Waals surface area contributed by atoms with Crippen LogP contribution in [0.3, 0.4) is 0 Å². The van der Waals surface area contributed by atoms with E-state index in [4.69, 9.17) is 0 Å². The minimum atomic E-state index is -3.55. The summed E-state index contributed by atoms with van der Waals surface area (Å²) in [6.07, 6.45) is 8.93. The molecular formula is C20H30N2O3S. The average Bonchev–Trinajstić information content (AvgIpc) is 2.59. The first-order chi connectivity index (χ1) is 12.3. The van der Waals surface area contributed by atoms with Gasteiger partial charge in [0.25, 0.3) is 0 Å². The van der Waals surface area contributed by atoms with Crippen LogP contribution in [0.5, 0.6) is 0 Å². The number of carbonyl (C=O) groups is 1. The fourth-order valence-electron chi connectivity index (χ4n) is 3.26. The van der Waals surface area contributed by atoms with E-state index in [2.05, 4.69) is 11.4 Å². The minimum Gasteiger partial charge on any atom is -0.354 e. The highest BCUT2D eigenvalue weighted by atomic mass is 32.2. The van der Waals surface area contributed by atoms with Gasteiger partial charge in [-0.3, -0.25) is 9.10 Å². The van der Waals surface area contributed by atoms with E-state index in [-0.39, 0.29) is 18.4 Å². The van der Waals surface area contributed by atoms with Crippen LogP contribution in [-0.4, -0.2) is 33.7 Å². The maximum atomic E-state index is 12.4. The van der Waals surface area contributed by atoms with Crippen molar-refractivity contribution in [2.75, 3.05) is 23.7 Å². The standard InChI is InChI=1S/C20H30N2O3S/c1-16(2)18-11-7-8-12-19(18)22(26(3,24)25)15-20(23)21-14-13-17-9-5-4-6-10-17/h7-9,11-12,16H,4-6,10,13-15H2,1-3H3,(H,21,23). The summed E-state index contributed by atoms with van der Waals surface area (Å²) in [7, 11) is -3.55. The zero-order valence-corrected chi connectivity index (χ0v) is 16.8. The van der Waals surface area contributed by atoms with Crippen LogP contribution in [0.1, 0.15) is 57.4 Å². The minimum absolute atomic E-state index is 0.164. The van der Waals surface area contributed by atoms with Crippen molar-refractivity contribution >= 4 is 21.6 Å². The number of rotatable bonds is 8. The zero-order chi connectivity index (χ0) is 19.2. The van der Waals surface area contributed by atoms with Gasteiger partial charge in [0.05, 0.1) is 11.9 Å². The van der Waals surface area contributed by atoms with E-state index in [1.165, 1.54) is 22.7 Å². The molecule has 2 rings (SSSR count). The van der Waals surface area contributed by atoms with Crippen LogP contribution in [0.2, 0.25) is 0 Å². The van der Waals surface area contributed by atoms with Gasteiger partial charge in [-0.15, -0.1) is 0 Å². The topological polar surface area (TPSA) is 66.5 Å². The van der Waals surface area contributed by atoms with Gasteiger partial charge in [0.2, 0.25) is 15.9 Å². The van der Waals surface area contributed by atoms with E-state index in [1.807, 2.05) is 26.0 Å². The van der Waals surface area contributed by atoms with Crippen molar-refractivity contribution < 1.29 is 13.2 Å². The van der Waals surface area contributed by atoms with Gasteiger partial charge in [-0.25, -0.2) is 8.42 Å². The molecule has 0 fully saturated rings. The van der Waals surface area contributed by atoms with Crippen LogP contribution < -0.4 is 9.62 Å². The predicted octanol–water partition coefficient (Wildman–Crippen LogP) is 3.58. The van der Waals surface area contributed by atoms with Gasteiger partial charge in [0, 0.05) is 6.54 Å². The Balaban J connectivity index is 2.04. The Kier molecular flexibility index (Phi) is 7.26. The number of amides is 1. The monoisotopic (exact) mass is 378 g/mol. The van der Waals surface area contributed by atoms with Crippen molar-refractivity contribution in [3.63, 3.8) is 0 Å². The molecule has 0 bridgehead atoms. The third kappa shape index (κ3) is 5.87. The number of nitrogens with zero attached hydrogens (tertiary/aromatic N) is 1. The first-order valence-corrected chi connectivity index (χ1v) is 11.1. The molecule has 0 heterocycles. The fraction of sp³-hybridized carbons (Fsp3) is 0.550. The molecule has 1 aliphatic rings. The number of allylic oxidation sites excluding steroid dienone is 1. The molecule has 0 unspecified atom stereocenters. The third-order valence-electron chi connectivity index (χ3n) is 4.67. The van der Waals surface area contributed by atoms with Crippen molar-refractivity contribution in [2.24, 2.45) is 0 Å². The lowest BCUT2D eigenvalue weighted by atomic mass is 9.97. The summed E-state index contributed by atoms with van der Waals surface area (Å²) in [5.74, 6) is -0.109. The zero-order valence-electron chi connectivity index (χ0n) is 16.0. The van der Waals surface area contributed by atoms with Gasteiger partial charge in [-0.2, -0.15) is 0 Å². The number of para-hydroxylation sites is 1. The Morgan fingerprint density at radius 1 is 1.23 bits per heavy atom. The molecule has 0 spiro atoms. The normalized spacial score (nSPS) is 14.8. The quantitative estimate of drug-likeness (QED) is 0.703. The summed E-state index contributed by atoms with van der Waals surface area (Å²) in [5, 5.41) is 2.87. The molecule has 0 aliphatic heterocycles. The molecule has 1 N–H and O–H groups in total. The molecule has 6 heteroatoms. The number of hydrogen-bond donors (Lipinski definition) is 1. The number of nitrogens with one attached hydrogen (secondary N) is 1. The largest absolute Gasteiger partial charge is 0.354 e. The van der Waals surface area contributed by atoms with E-state index >= 15 is 0 Å². The molecule has 0 aromatic heterocycles. The summed E-state index contributed by atoms with van der Waals surface area (Å²) in [6, 6.07) is 7.35. The van der Waals surface area contributed by atoms with Crippen molar-refractivity contribution in [1.82, 2.24) is 5.32 Å². The predicted molar refractivity (Wildman–Crippen MR) is 107 cm³/mol.